The zero-order valence-corrected chi connectivity index (χ0v) is 8.17. The first kappa shape index (κ1) is 16.3. The van der Waals surface area contributed by atoms with Crippen molar-refractivity contribution in [2.45, 2.75) is 13.8 Å². The summed E-state index contributed by atoms with van der Waals surface area (Å²) in [6.07, 6.45) is 0.786. The summed E-state index contributed by atoms with van der Waals surface area (Å²) in [6, 6.07) is 0. The summed E-state index contributed by atoms with van der Waals surface area (Å²) in [7, 11) is -5.05. The third-order valence-corrected chi connectivity index (χ3v) is 3.68. The summed E-state index contributed by atoms with van der Waals surface area (Å²) in [5.41, 5.74) is 0.493. The van der Waals surface area contributed by atoms with Crippen molar-refractivity contribution >= 4 is 54.3 Å². The molecule has 0 saturated carbocycles. The maximum atomic E-state index is 10.6. The Morgan fingerprint density at radius 3 is 2.08 bits per heavy atom. The van der Waals surface area contributed by atoms with Crippen molar-refractivity contribution in [2.75, 3.05) is 0 Å². The first-order chi connectivity index (χ1) is 5.17. The molecule has 0 heterocycles. The Bertz CT molecular complexity index is 329. The fourth-order valence-corrected chi connectivity index (χ4v) is 1.13. The van der Waals surface area contributed by atoms with Gasteiger partial charge in [-0.3, -0.25) is 4.55 Å². The van der Waals surface area contributed by atoms with Crippen LogP contribution in [0, 0.1) is 0 Å². The summed E-state index contributed by atoms with van der Waals surface area (Å²) in [5, 5.41) is 0. The van der Waals surface area contributed by atoms with Gasteiger partial charge in [0.05, 0.1) is 6.26 Å². The Morgan fingerprint density at radius 1 is 1.46 bits per heavy atom. The summed E-state index contributed by atoms with van der Waals surface area (Å²) >= 11 is 0. The van der Waals surface area contributed by atoms with Gasteiger partial charge in [-0.05, 0) is 19.4 Å². The Kier molecular flexibility index (Phi) is 7.16. The molecule has 0 amide bonds. The molecule has 0 fully saturated rings. The number of hydrogen-bond acceptors (Lipinski definition) is 4. The Labute approximate surface area is 106 Å². The van der Waals surface area contributed by atoms with Crippen LogP contribution in [0.25, 0.3) is 0 Å². The van der Waals surface area contributed by atoms with Gasteiger partial charge in [0, 0.05) is 0 Å². The molecule has 0 aromatic heterocycles. The van der Waals surface area contributed by atoms with Gasteiger partial charge in [-0.2, -0.15) is 8.42 Å². The topological polar surface area (TPSA) is 101 Å². The molecule has 1 unspecified atom stereocenters. The average Bonchev–Trinajstić information content (AvgIpc) is 1.81. The molecule has 0 aliphatic rings. The summed E-state index contributed by atoms with van der Waals surface area (Å²) in [4.78, 5) is 8.55. The normalized spacial score (nSPS) is 15.1. The Hall–Kier alpha value is 0.900. The number of hydrogen-bond donors (Lipinski definition) is 2. The van der Waals surface area contributed by atoms with E-state index < -0.39 is 16.5 Å². The van der Waals surface area contributed by atoms with Gasteiger partial charge >= 0.3 is 54.3 Å². The molecule has 76 valence electrons. The monoisotopic (exact) mass is 258 g/mol. The summed E-state index contributed by atoms with van der Waals surface area (Å²) < 4.78 is 43.0. The van der Waals surface area contributed by atoms with Crippen molar-refractivity contribution in [3.05, 3.63) is 11.8 Å². The van der Waals surface area contributed by atoms with Gasteiger partial charge in [-0.1, -0.05) is 0 Å². The van der Waals surface area contributed by atoms with E-state index in [4.69, 9.17) is 9.45 Å². The fourth-order valence-electron chi connectivity index (χ4n) is 0.226. The van der Waals surface area contributed by atoms with Gasteiger partial charge in [0.25, 0.3) is 0 Å². The molecule has 1 atom stereocenters. The number of rotatable bonds is 3. The van der Waals surface area contributed by atoms with Crippen LogP contribution in [-0.4, -0.2) is 55.6 Å². The minimum atomic E-state index is -5.05. The molecule has 0 rings (SSSR count). The molecule has 6 nitrogen and oxygen atoms in total. The summed E-state index contributed by atoms with van der Waals surface area (Å²) in [5.74, 6) is 0. The maximum absolute atomic E-state index is 10.6. The molecule has 0 radical (unpaired) electrons. The van der Waals surface area contributed by atoms with E-state index in [9.17, 15) is 13.0 Å². The molecule has 0 aromatic rings. The van der Waals surface area contributed by atoms with Gasteiger partial charge in [0.1, 0.15) is 0 Å². The summed E-state index contributed by atoms with van der Waals surface area (Å²) in [6.45, 7) is -1.92. The molecule has 0 aromatic carbocycles. The van der Waals surface area contributed by atoms with E-state index >= 15 is 0 Å². The van der Waals surface area contributed by atoms with Gasteiger partial charge in [-0.25, -0.2) is 4.57 Å². The van der Waals surface area contributed by atoms with Crippen molar-refractivity contribution < 1.29 is 27.0 Å². The van der Waals surface area contributed by atoms with Crippen LogP contribution in [0.2, 0.25) is 0 Å². The van der Waals surface area contributed by atoms with Crippen LogP contribution in [0.1, 0.15) is 13.8 Å². The quantitative estimate of drug-likeness (QED) is 0.320. The second kappa shape index (κ2) is 5.70. The second-order valence-corrected chi connectivity index (χ2v) is 7.03. The zero-order valence-electron chi connectivity index (χ0n) is 6.46. The first-order valence-corrected chi connectivity index (χ1v) is 6.41. The van der Waals surface area contributed by atoms with E-state index in [1.54, 1.807) is 0 Å². The zero-order chi connectivity index (χ0) is 9.99. The van der Waals surface area contributed by atoms with Crippen molar-refractivity contribution in [1.29, 1.82) is 0 Å². The van der Waals surface area contributed by atoms with Crippen LogP contribution < -0.4 is 0 Å². The van der Waals surface area contributed by atoms with Crippen LogP contribution >= 0.6 is 6.80 Å². The van der Waals surface area contributed by atoms with E-state index in [0.29, 0.717) is 5.57 Å². The van der Waals surface area contributed by atoms with Crippen LogP contribution in [0.3, 0.4) is 0 Å². The molecule has 2 N–H and O–H groups in total. The predicted octanol–water partition coefficient (Wildman–Crippen LogP) is -0.00130. The van der Waals surface area contributed by atoms with E-state index in [0.717, 1.165) is 6.26 Å². The van der Waals surface area contributed by atoms with Gasteiger partial charge in [0.2, 0.25) is 0 Å². The molecular formula is C4H11CaO6PS. The molecule has 9 heteroatoms. The Morgan fingerprint density at radius 2 is 1.85 bits per heavy atom. The fraction of sp³-hybridized carbons (Fsp3) is 0.500. The van der Waals surface area contributed by atoms with E-state index in [1.165, 1.54) is 13.8 Å². The Balaban J connectivity index is 0. The van der Waals surface area contributed by atoms with Crippen LogP contribution in [-0.2, 0) is 18.8 Å². The molecule has 0 spiro atoms. The van der Waals surface area contributed by atoms with E-state index in [1.807, 2.05) is 0 Å². The third-order valence-electron chi connectivity index (χ3n) is 0.713. The van der Waals surface area contributed by atoms with Crippen LogP contribution in [0.5, 0.6) is 0 Å². The minimum absolute atomic E-state index is 0. The van der Waals surface area contributed by atoms with Crippen molar-refractivity contribution in [3.63, 3.8) is 0 Å². The second-order valence-electron chi connectivity index (χ2n) is 2.22. The third kappa shape index (κ3) is 6.06. The van der Waals surface area contributed by atoms with Crippen molar-refractivity contribution in [3.8, 4) is 0 Å². The van der Waals surface area contributed by atoms with E-state index in [-0.39, 0.29) is 37.7 Å². The molecular weight excluding hydrogens is 247 g/mol. The van der Waals surface area contributed by atoms with Crippen molar-refractivity contribution in [2.24, 2.45) is 0 Å². The molecule has 0 aliphatic carbocycles. The van der Waals surface area contributed by atoms with E-state index in [2.05, 4.69) is 4.52 Å². The van der Waals surface area contributed by atoms with Crippen LogP contribution in [0.15, 0.2) is 11.8 Å². The van der Waals surface area contributed by atoms with Crippen LogP contribution in [0.4, 0.5) is 0 Å². The van der Waals surface area contributed by atoms with Crippen molar-refractivity contribution in [1.82, 2.24) is 0 Å². The standard InChI is InChI=1S/C4H9O6PS.Ca.2H/c1-4(2)3-10-11(5,6)12(7,8)9;;;/h3H,1-2H3,(H,5,6)(H,7,8,9);;;. The molecule has 0 saturated heterocycles. The molecule has 0 aliphatic heterocycles. The molecule has 13 heavy (non-hydrogen) atoms. The molecule has 0 bridgehead atoms. The first-order valence-electron chi connectivity index (χ1n) is 2.79. The van der Waals surface area contributed by atoms with Gasteiger partial charge in [-0.15, -0.1) is 0 Å². The van der Waals surface area contributed by atoms with Gasteiger partial charge in [0.15, 0.2) is 0 Å². The number of allylic oxidation sites excluding steroid dienone is 1. The average molecular weight is 258 g/mol. The van der Waals surface area contributed by atoms with Gasteiger partial charge < -0.3 is 9.42 Å². The SMILES string of the molecule is CC(C)=COP(=O)(O)S(=O)(=O)O.[CaH2]. The predicted molar refractivity (Wildman–Crippen MR) is 50.4 cm³/mol.